The van der Waals surface area contributed by atoms with E-state index in [0.29, 0.717) is 11.6 Å². The summed E-state index contributed by atoms with van der Waals surface area (Å²) in [5.41, 5.74) is 3.17. The van der Waals surface area contributed by atoms with Gasteiger partial charge in [0.25, 0.3) is 0 Å². The summed E-state index contributed by atoms with van der Waals surface area (Å²) in [6.45, 7) is 2.43. The van der Waals surface area contributed by atoms with E-state index in [9.17, 15) is 4.79 Å². The first-order valence-corrected chi connectivity index (χ1v) is 7.57. The maximum atomic E-state index is 12.3. The fourth-order valence-corrected chi connectivity index (χ4v) is 3.02. The zero-order valence-electron chi connectivity index (χ0n) is 11.9. The van der Waals surface area contributed by atoms with E-state index >= 15 is 0 Å². The van der Waals surface area contributed by atoms with E-state index < -0.39 is 0 Å². The second-order valence-electron chi connectivity index (χ2n) is 5.50. The Labute approximate surface area is 128 Å². The molecule has 0 saturated heterocycles. The highest BCUT2D eigenvalue weighted by molar-refractivity contribution is 6.31. The number of nitrogens with one attached hydrogen (secondary N) is 2. The lowest BCUT2D eigenvalue weighted by Gasteiger charge is -2.20. The molecule has 1 amide bonds. The quantitative estimate of drug-likeness (QED) is 0.916. The van der Waals surface area contributed by atoms with Gasteiger partial charge in [-0.1, -0.05) is 29.8 Å². The van der Waals surface area contributed by atoms with Gasteiger partial charge in [-0.05, 0) is 31.4 Å². The fraction of sp³-hybridized carbons (Fsp3) is 0.375. The molecule has 0 bridgehead atoms. The second kappa shape index (κ2) is 5.90. The number of benzene rings is 1. The normalized spacial score (nSPS) is 17.3. The van der Waals surface area contributed by atoms with Crippen LogP contribution < -0.4 is 5.32 Å². The van der Waals surface area contributed by atoms with Crippen molar-refractivity contribution in [1.82, 2.24) is 15.3 Å². The molecule has 0 radical (unpaired) electrons. The standard InChI is InChI=1S/C16H18ClN3O/c1-10-19-14-7-6-11(8-15(14)20-10)16(21)18-9-12-4-2-3-5-13(12)17/h2-5,11H,6-9H2,1H3,(H,18,21)(H,19,20). The summed E-state index contributed by atoms with van der Waals surface area (Å²) >= 11 is 6.10. The van der Waals surface area contributed by atoms with Crippen LogP contribution in [0, 0.1) is 12.8 Å². The molecule has 1 aliphatic carbocycles. The maximum absolute atomic E-state index is 12.3. The SMILES string of the molecule is Cc1nc2c([nH]1)CC(C(=O)NCc1ccccc1Cl)CC2. The topological polar surface area (TPSA) is 57.8 Å². The minimum Gasteiger partial charge on any atom is -0.352 e. The number of imidazole rings is 1. The number of rotatable bonds is 3. The molecule has 0 saturated carbocycles. The van der Waals surface area contributed by atoms with E-state index in [2.05, 4.69) is 15.3 Å². The van der Waals surface area contributed by atoms with Crippen LogP contribution in [0.2, 0.25) is 5.02 Å². The van der Waals surface area contributed by atoms with Gasteiger partial charge >= 0.3 is 0 Å². The lowest BCUT2D eigenvalue weighted by molar-refractivity contribution is -0.125. The van der Waals surface area contributed by atoms with Gasteiger partial charge < -0.3 is 10.3 Å². The Hall–Kier alpha value is -1.81. The number of amides is 1. The zero-order valence-corrected chi connectivity index (χ0v) is 12.7. The van der Waals surface area contributed by atoms with Gasteiger partial charge in [-0.2, -0.15) is 0 Å². The van der Waals surface area contributed by atoms with Crippen molar-refractivity contribution in [2.45, 2.75) is 32.7 Å². The summed E-state index contributed by atoms with van der Waals surface area (Å²) in [7, 11) is 0. The number of halogens is 1. The molecular weight excluding hydrogens is 286 g/mol. The minimum atomic E-state index is 0.0137. The number of hydrogen-bond donors (Lipinski definition) is 2. The second-order valence-corrected chi connectivity index (χ2v) is 5.90. The van der Waals surface area contributed by atoms with Crippen molar-refractivity contribution in [3.05, 3.63) is 52.1 Å². The van der Waals surface area contributed by atoms with Crippen molar-refractivity contribution in [1.29, 1.82) is 0 Å². The van der Waals surface area contributed by atoms with Gasteiger partial charge in [-0.3, -0.25) is 4.79 Å². The molecule has 1 aromatic carbocycles. The van der Waals surface area contributed by atoms with E-state index in [-0.39, 0.29) is 11.8 Å². The van der Waals surface area contributed by atoms with Gasteiger partial charge in [-0.25, -0.2) is 4.98 Å². The molecule has 2 N–H and O–H groups in total. The zero-order chi connectivity index (χ0) is 14.8. The molecule has 0 aliphatic heterocycles. The molecule has 1 atom stereocenters. The predicted molar refractivity (Wildman–Crippen MR) is 82.1 cm³/mol. The Morgan fingerprint density at radius 3 is 3.10 bits per heavy atom. The molecule has 5 heteroatoms. The molecule has 0 fully saturated rings. The number of hydrogen-bond acceptors (Lipinski definition) is 2. The highest BCUT2D eigenvalue weighted by Gasteiger charge is 2.26. The molecule has 4 nitrogen and oxygen atoms in total. The highest BCUT2D eigenvalue weighted by Crippen LogP contribution is 2.24. The van der Waals surface area contributed by atoms with Crippen molar-refractivity contribution >= 4 is 17.5 Å². The van der Waals surface area contributed by atoms with Crippen LogP contribution in [0.1, 0.15) is 29.2 Å². The van der Waals surface area contributed by atoms with Gasteiger partial charge in [0.2, 0.25) is 5.91 Å². The van der Waals surface area contributed by atoms with E-state index in [1.54, 1.807) is 0 Å². The number of nitrogens with zero attached hydrogens (tertiary/aromatic N) is 1. The van der Waals surface area contributed by atoms with Crippen LogP contribution in [0.4, 0.5) is 0 Å². The van der Waals surface area contributed by atoms with E-state index in [1.807, 2.05) is 31.2 Å². The monoisotopic (exact) mass is 303 g/mol. The first kappa shape index (κ1) is 14.1. The Morgan fingerprint density at radius 1 is 1.48 bits per heavy atom. The van der Waals surface area contributed by atoms with E-state index in [1.165, 1.54) is 0 Å². The molecule has 1 unspecified atom stereocenters. The van der Waals surface area contributed by atoms with Gasteiger partial charge in [0, 0.05) is 29.6 Å². The smallest absolute Gasteiger partial charge is 0.223 e. The average molecular weight is 304 g/mol. The summed E-state index contributed by atoms with van der Waals surface area (Å²) in [4.78, 5) is 20.0. The Kier molecular flexibility index (Phi) is 3.97. The van der Waals surface area contributed by atoms with Crippen molar-refractivity contribution in [3.8, 4) is 0 Å². The fourth-order valence-electron chi connectivity index (χ4n) is 2.82. The third kappa shape index (κ3) is 3.10. The third-order valence-electron chi connectivity index (χ3n) is 3.94. The lowest BCUT2D eigenvalue weighted by Crippen LogP contribution is -2.33. The number of H-pyrrole nitrogens is 1. The minimum absolute atomic E-state index is 0.0137. The summed E-state index contributed by atoms with van der Waals surface area (Å²) in [5, 5.41) is 3.68. The lowest BCUT2D eigenvalue weighted by atomic mass is 9.89. The Balaban J connectivity index is 1.61. The van der Waals surface area contributed by atoms with Gasteiger partial charge in [0.1, 0.15) is 5.82 Å². The average Bonchev–Trinajstić information content (AvgIpc) is 2.85. The van der Waals surface area contributed by atoms with Crippen LogP contribution in [-0.4, -0.2) is 15.9 Å². The van der Waals surface area contributed by atoms with Crippen molar-refractivity contribution in [3.63, 3.8) is 0 Å². The number of aryl methyl sites for hydroxylation is 2. The molecule has 3 rings (SSSR count). The predicted octanol–water partition coefficient (Wildman–Crippen LogP) is 2.79. The number of carbonyl (C=O) groups excluding carboxylic acids is 1. The van der Waals surface area contributed by atoms with Crippen LogP contribution >= 0.6 is 11.6 Å². The van der Waals surface area contributed by atoms with Gasteiger partial charge in [-0.15, -0.1) is 0 Å². The molecule has 1 heterocycles. The summed E-state index contributed by atoms with van der Waals surface area (Å²) in [6, 6.07) is 7.58. The first-order valence-electron chi connectivity index (χ1n) is 7.19. The highest BCUT2D eigenvalue weighted by atomic mass is 35.5. The molecule has 0 spiro atoms. The van der Waals surface area contributed by atoms with Gasteiger partial charge in [0.15, 0.2) is 0 Å². The molecule has 21 heavy (non-hydrogen) atoms. The largest absolute Gasteiger partial charge is 0.352 e. The van der Waals surface area contributed by atoms with Crippen LogP contribution in [0.3, 0.4) is 0 Å². The summed E-state index contributed by atoms with van der Waals surface area (Å²) in [5.74, 6) is 1.03. The molecular formula is C16H18ClN3O. The Bertz CT molecular complexity index is 665. The number of aromatic nitrogens is 2. The first-order chi connectivity index (χ1) is 10.1. The number of fused-ring (bicyclic) bond motifs is 1. The Morgan fingerprint density at radius 2 is 2.29 bits per heavy atom. The van der Waals surface area contributed by atoms with Crippen LogP contribution in [-0.2, 0) is 24.2 Å². The molecule has 110 valence electrons. The van der Waals surface area contributed by atoms with Crippen molar-refractivity contribution in [2.75, 3.05) is 0 Å². The molecule has 1 aromatic heterocycles. The molecule has 1 aliphatic rings. The summed E-state index contributed by atoms with van der Waals surface area (Å²) in [6.07, 6.45) is 2.46. The van der Waals surface area contributed by atoms with E-state index in [4.69, 9.17) is 11.6 Å². The number of aromatic amines is 1. The van der Waals surface area contributed by atoms with Crippen molar-refractivity contribution < 1.29 is 4.79 Å². The third-order valence-corrected chi connectivity index (χ3v) is 4.31. The van der Waals surface area contributed by atoms with Gasteiger partial charge in [0.05, 0.1) is 5.69 Å². The summed E-state index contributed by atoms with van der Waals surface area (Å²) < 4.78 is 0. The molecule has 2 aromatic rings. The van der Waals surface area contributed by atoms with Crippen LogP contribution in [0.5, 0.6) is 0 Å². The number of carbonyl (C=O) groups is 1. The maximum Gasteiger partial charge on any atom is 0.223 e. The van der Waals surface area contributed by atoms with Crippen LogP contribution in [0.15, 0.2) is 24.3 Å². The van der Waals surface area contributed by atoms with Crippen LogP contribution in [0.25, 0.3) is 0 Å². The van der Waals surface area contributed by atoms with E-state index in [0.717, 1.165) is 42.0 Å². The van der Waals surface area contributed by atoms with Crippen molar-refractivity contribution in [2.24, 2.45) is 5.92 Å².